The fourth-order valence-corrected chi connectivity index (χ4v) is 2.07. The van der Waals surface area contributed by atoms with Crippen LogP contribution in [0, 0.1) is 6.92 Å². The first-order chi connectivity index (χ1) is 10.1. The molecule has 1 amide bonds. The number of anilines is 2. The van der Waals surface area contributed by atoms with Crippen LogP contribution in [0.1, 0.15) is 29.9 Å². The monoisotopic (exact) mass is 283 g/mol. The molecule has 0 spiro atoms. The minimum absolute atomic E-state index is 0.0260. The molecule has 2 aromatic rings. The van der Waals surface area contributed by atoms with Crippen molar-refractivity contribution in [2.75, 3.05) is 18.4 Å². The highest BCUT2D eigenvalue weighted by Crippen LogP contribution is 2.16. The first-order valence-electron chi connectivity index (χ1n) is 7.23. The van der Waals surface area contributed by atoms with Crippen molar-refractivity contribution in [2.45, 2.75) is 20.8 Å². The van der Waals surface area contributed by atoms with E-state index in [4.69, 9.17) is 0 Å². The maximum Gasteiger partial charge on any atom is 0.272 e. The minimum Gasteiger partial charge on any atom is -0.354 e. The Kier molecular flexibility index (Phi) is 4.93. The third kappa shape index (κ3) is 3.81. The molecule has 0 bridgehead atoms. The number of nitrogens with one attached hydrogen (secondary N) is 1. The molecule has 1 heterocycles. The Morgan fingerprint density at radius 3 is 2.19 bits per heavy atom. The van der Waals surface area contributed by atoms with Gasteiger partial charge in [0.2, 0.25) is 0 Å². The summed E-state index contributed by atoms with van der Waals surface area (Å²) < 4.78 is 0. The van der Waals surface area contributed by atoms with Crippen molar-refractivity contribution in [1.29, 1.82) is 0 Å². The molecule has 0 aliphatic rings. The van der Waals surface area contributed by atoms with Gasteiger partial charge in [-0.05, 0) is 45.0 Å². The molecule has 110 valence electrons. The number of benzene rings is 1. The van der Waals surface area contributed by atoms with E-state index in [9.17, 15) is 4.79 Å². The van der Waals surface area contributed by atoms with Crippen molar-refractivity contribution in [3.8, 4) is 0 Å². The van der Waals surface area contributed by atoms with E-state index in [0.717, 1.165) is 11.4 Å². The van der Waals surface area contributed by atoms with E-state index in [-0.39, 0.29) is 5.91 Å². The van der Waals surface area contributed by atoms with Crippen molar-refractivity contribution in [1.82, 2.24) is 9.88 Å². The van der Waals surface area contributed by atoms with Gasteiger partial charge in [-0.3, -0.25) is 4.79 Å². The van der Waals surface area contributed by atoms with Gasteiger partial charge < -0.3 is 10.2 Å². The molecule has 1 aromatic carbocycles. The number of aromatic nitrogens is 1. The van der Waals surface area contributed by atoms with Gasteiger partial charge in [0, 0.05) is 18.8 Å². The van der Waals surface area contributed by atoms with E-state index >= 15 is 0 Å². The summed E-state index contributed by atoms with van der Waals surface area (Å²) in [5, 5.41) is 3.27. The number of hydrogen-bond acceptors (Lipinski definition) is 3. The van der Waals surface area contributed by atoms with Crippen LogP contribution in [-0.4, -0.2) is 28.9 Å². The second-order valence-electron chi connectivity index (χ2n) is 4.90. The van der Waals surface area contributed by atoms with Gasteiger partial charge in [-0.15, -0.1) is 0 Å². The Hall–Kier alpha value is -2.36. The lowest BCUT2D eigenvalue weighted by Crippen LogP contribution is -2.31. The third-order valence-electron chi connectivity index (χ3n) is 3.37. The Balaban J connectivity index is 2.08. The van der Waals surface area contributed by atoms with Crippen molar-refractivity contribution >= 4 is 17.3 Å². The van der Waals surface area contributed by atoms with Gasteiger partial charge in [-0.2, -0.15) is 0 Å². The molecule has 0 unspecified atom stereocenters. The molecule has 2 rings (SSSR count). The molecular formula is C17H21N3O. The van der Waals surface area contributed by atoms with Crippen LogP contribution in [0.15, 0.2) is 42.6 Å². The molecule has 0 aliphatic heterocycles. The zero-order chi connectivity index (χ0) is 15.2. The fourth-order valence-electron chi connectivity index (χ4n) is 2.07. The van der Waals surface area contributed by atoms with Crippen LogP contribution in [-0.2, 0) is 0 Å². The normalized spacial score (nSPS) is 10.2. The maximum atomic E-state index is 12.2. The molecule has 0 saturated heterocycles. The van der Waals surface area contributed by atoms with Crippen molar-refractivity contribution in [3.63, 3.8) is 0 Å². The Labute approximate surface area is 125 Å². The van der Waals surface area contributed by atoms with Gasteiger partial charge in [0.25, 0.3) is 5.91 Å². The molecule has 0 fully saturated rings. The lowest BCUT2D eigenvalue weighted by atomic mass is 10.2. The van der Waals surface area contributed by atoms with E-state index in [1.807, 2.05) is 44.2 Å². The van der Waals surface area contributed by atoms with Crippen molar-refractivity contribution in [3.05, 3.63) is 53.9 Å². The van der Waals surface area contributed by atoms with Crippen LogP contribution in [0.25, 0.3) is 0 Å². The van der Waals surface area contributed by atoms with Crippen LogP contribution in [0.4, 0.5) is 11.4 Å². The summed E-state index contributed by atoms with van der Waals surface area (Å²) in [4.78, 5) is 18.2. The quantitative estimate of drug-likeness (QED) is 0.911. The molecular weight excluding hydrogens is 262 g/mol. The molecule has 0 saturated carbocycles. The number of aryl methyl sites for hydroxylation is 1. The number of hydrogen-bond donors (Lipinski definition) is 1. The fraction of sp³-hybridized carbons (Fsp3) is 0.294. The van der Waals surface area contributed by atoms with E-state index in [0.29, 0.717) is 18.8 Å². The largest absolute Gasteiger partial charge is 0.354 e. The van der Waals surface area contributed by atoms with Crippen molar-refractivity contribution in [2.24, 2.45) is 0 Å². The molecule has 4 nitrogen and oxygen atoms in total. The van der Waals surface area contributed by atoms with Gasteiger partial charge in [-0.25, -0.2) is 4.98 Å². The van der Waals surface area contributed by atoms with Crippen LogP contribution in [0.5, 0.6) is 0 Å². The predicted octanol–water partition coefficient (Wildman–Crippen LogP) is 3.62. The number of carbonyl (C=O) groups excluding carboxylic acids is 1. The van der Waals surface area contributed by atoms with E-state index < -0.39 is 0 Å². The zero-order valence-corrected chi connectivity index (χ0v) is 12.8. The van der Waals surface area contributed by atoms with E-state index in [1.54, 1.807) is 17.2 Å². The molecule has 0 atom stereocenters. The zero-order valence-electron chi connectivity index (χ0n) is 12.8. The molecule has 0 aliphatic carbocycles. The molecule has 0 radical (unpaired) electrons. The van der Waals surface area contributed by atoms with E-state index in [2.05, 4.69) is 17.2 Å². The Morgan fingerprint density at radius 2 is 1.67 bits per heavy atom. The highest BCUT2D eigenvalue weighted by molar-refractivity contribution is 5.92. The lowest BCUT2D eigenvalue weighted by molar-refractivity contribution is 0.0767. The average molecular weight is 283 g/mol. The lowest BCUT2D eigenvalue weighted by Gasteiger charge is -2.18. The Bertz CT molecular complexity index is 586. The van der Waals surface area contributed by atoms with Gasteiger partial charge >= 0.3 is 0 Å². The number of rotatable bonds is 5. The summed E-state index contributed by atoms with van der Waals surface area (Å²) in [6.07, 6.45) is 1.69. The topological polar surface area (TPSA) is 45.2 Å². The molecule has 21 heavy (non-hydrogen) atoms. The summed E-state index contributed by atoms with van der Waals surface area (Å²) in [5.41, 5.74) is 3.58. The highest BCUT2D eigenvalue weighted by Gasteiger charge is 2.13. The summed E-state index contributed by atoms with van der Waals surface area (Å²) in [7, 11) is 0. The van der Waals surface area contributed by atoms with Gasteiger partial charge in [-0.1, -0.05) is 17.7 Å². The first kappa shape index (κ1) is 15.0. The smallest absolute Gasteiger partial charge is 0.272 e. The highest BCUT2D eigenvalue weighted by atomic mass is 16.2. The summed E-state index contributed by atoms with van der Waals surface area (Å²) >= 11 is 0. The molecule has 1 aromatic heterocycles. The Morgan fingerprint density at radius 1 is 1.05 bits per heavy atom. The standard InChI is InChI=1S/C17H21N3O/c1-4-20(5-2)17(21)16-11-10-15(12-18-16)19-14-8-6-13(3)7-9-14/h6-12,19H,4-5H2,1-3H3. The SMILES string of the molecule is CCN(CC)C(=O)c1ccc(Nc2ccc(C)cc2)cn1. The van der Waals surface area contributed by atoms with Crippen LogP contribution < -0.4 is 5.32 Å². The van der Waals surface area contributed by atoms with Crippen LogP contribution in [0.2, 0.25) is 0 Å². The van der Waals surface area contributed by atoms with Gasteiger partial charge in [0.15, 0.2) is 0 Å². The number of nitrogens with zero attached hydrogens (tertiary/aromatic N) is 2. The second kappa shape index (κ2) is 6.88. The first-order valence-corrected chi connectivity index (χ1v) is 7.23. The summed E-state index contributed by atoms with van der Waals surface area (Å²) in [6, 6.07) is 11.8. The van der Waals surface area contributed by atoms with Crippen molar-refractivity contribution < 1.29 is 4.79 Å². The predicted molar refractivity (Wildman–Crippen MR) is 86.0 cm³/mol. The summed E-state index contributed by atoms with van der Waals surface area (Å²) in [5.74, 6) is -0.0260. The van der Waals surface area contributed by atoms with Gasteiger partial charge in [0.05, 0.1) is 11.9 Å². The van der Waals surface area contributed by atoms with E-state index in [1.165, 1.54) is 5.56 Å². The summed E-state index contributed by atoms with van der Waals surface area (Å²) in [6.45, 7) is 7.38. The maximum absolute atomic E-state index is 12.2. The third-order valence-corrected chi connectivity index (χ3v) is 3.37. The average Bonchev–Trinajstić information content (AvgIpc) is 2.51. The molecule has 1 N–H and O–H groups in total. The number of amides is 1. The van der Waals surface area contributed by atoms with Crippen LogP contribution >= 0.6 is 0 Å². The number of carbonyl (C=O) groups is 1. The van der Waals surface area contributed by atoms with Gasteiger partial charge in [0.1, 0.15) is 5.69 Å². The van der Waals surface area contributed by atoms with Crippen LogP contribution in [0.3, 0.4) is 0 Å². The second-order valence-corrected chi connectivity index (χ2v) is 4.90. The molecule has 4 heteroatoms. The number of pyridine rings is 1. The minimum atomic E-state index is -0.0260.